The topological polar surface area (TPSA) is 68.3 Å². The van der Waals surface area contributed by atoms with E-state index in [1.807, 2.05) is 12.1 Å². The van der Waals surface area contributed by atoms with Crippen LogP contribution in [0, 0.1) is 0 Å². The zero-order chi connectivity index (χ0) is 23.8. The summed E-state index contributed by atoms with van der Waals surface area (Å²) in [4.78, 5) is -1.09. The van der Waals surface area contributed by atoms with Gasteiger partial charge in [0.05, 0.1) is 0 Å². The Balaban J connectivity index is 2.78. The molecule has 4 nitrogen and oxygen atoms in total. The van der Waals surface area contributed by atoms with Gasteiger partial charge in [0.15, 0.2) is 0 Å². The summed E-state index contributed by atoms with van der Waals surface area (Å²) in [5.41, 5.74) is 0. The third-order valence-electron chi connectivity index (χ3n) is 6.18. The van der Waals surface area contributed by atoms with Gasteiger partial charge in [0.2, 0.25) is 0 Å². The predicted molar refractivity (Wildman–Crippen MR) is 131 cm³/mol. The SMILES string of the molecule is CCC[CH2][Sn]([CH2]CCC)([CH2]CCC)[c]1ccccc1S(=O)(=O)c1ccccc1S(=O)(=O)F. The first-order valence-corrected chi connectivity index (χ1v) is 21.9. The molecule has 0 bridgehead atoms. The fraction of sp³-hybridized carbons (Fsp3) is 0.500. The van der Waals surface area contributed by atoms with Gasteiger partial charge in [-0.05, 0) is 0 Å². The van der Waals surface area contributed by atoms with Gasteiger partial charge in [-0.3, -0.25) is 0 Å². The van der Waals surface area contributed by atoms with Crippen molar-refractivity contribution in [1.29, 1.82) is 0 Å². The summed E-state index contributed by atoms with van der Waals surface area (Å²) in [6.07, 6.45) is 6.34. The summed E-state index contributed by atoms with van der Waals surface area (Å²) < 4.78 is 69.2. The number of benzene rings is 2. The standard InChI is InChI=1S/C12H8FO4S2.3C4H9.Sn/c13-19(16,17)12-9-5-4-8-11(12)18(14,15)10-6-2-1-3-7-10;3*1-3-4-2;/h1-6,8-9H;3*1,3-4H2,2H3;. The molecule has 0 N–H and O–H groups in total. The quantitative estimate of drug-likeness (QED) is 0.205. The molecule has 0 fully saturated rings. The first-order chi connectivity index (χ1) is 15.1. The summed E-state index contributed by atoms with van der Waals surface area (Å²) in [5, 5.41) is 0. The van der Waals surface area contributed by atoms with Crippen LogP contribution in [0.1, 0.15) is 59.3 Å². The number of hydrogen-bond donors (Lipinski definition) is 0. The van der Waals surface area contributed by atoms with Crippen LogP contribution in [-0.2, 0) is 20.1 Å². The molecule has 0 unspecified atom stereocenters. The minimum atomic E-state index is -5.18. The number of halogens is 1. The van der Waals surface area contributed by atoms with Crippen molar-refractivity contribution in [2.45, 2.75) is 87.3 Å². The van der Waals surface area contributed by atoms with Crippen molar-refractivity contribution < 1.29 is 20.7 Å². The van der Waals surface area contributed by atoms with Crippen LogP contribution in [0.4, 0.5) is 3.89 Å². The summed E-state index contributed by atoms with van der Waals surface area (Å²) in [5.74, 6) is 0. The third kappa shape index (κ3) is 6.35. The number of hydrogen-bond acceptors (Lipinski definition) is 4. The molecule has 0 atom stereocenters. The average Bonchev–Trinajstić information content (AvgIpc) is 2.78. The van der Waals surface area contributed by atoms with Crippen LogP contribution in [0.15, 0.2) is 63.2 Å². The van der Waals surface area contributed by atoms with Crippen molar-refractivity contribution in [3.8, 4) is 0 Å². The normalized spacial score (nSPS) is 12.8. The Bertz CT molecular complexity index is 1080. The molecule has 0 saturated heterocycles. The van der Waals surface area contributed by atoms with Crippen molar-refractivity contribution >= 4 is 42.0 Å². The van der Waals surface area contributed by atoms with Gasteiger partial charge in [-0.15, -0.1) is 0 Å². The van der Waals surface area contributed by atoms with Gasteiger partial charge in [-0.1, -0.05) is 0 Å². The second kappa shape index (κ2) is 12.0. The molecule has 0 aliphatic heterocycles. The van der Waals surface area contributed by atoms with Crippen molar-refractivity contribution in [2.24, 2.45) is 0 Å². The monoisotopic (exact) mass is 590 g/mol. The van der Waals surface area contributed by atoms with E-state index in [0.717, 1.165) is 61.5 Å². The Kier molecular flexibility index (Phi) is 10.2. The van der Waals surface area contributed by atoms with E-state index in [4.69, 9.17) is 0 Å². The summed E-state index contributed by atoms with van der Waals surface area (Å²) in [6, 6.07) is 12.1. The second-order valence-corrected chi connectivity index (χ2v) is 24.8. The molecule has 32 heavy (non-hydrogen) atoms. The molecule has 0 radical (unpaired) electrons. The average molecular weight is 589 g/mol. The maximum atomic E-state index is 14.0. The molecule has 0 heterocycles. The van der Waals surface area contributed by atoms with Crippen LogP contribution in [0.2, 0.25) is 13.3 Å². The number of rotatable bonds is 13. The zero-order valence-corrected chi connectivity index (χ0v) is 23.8. The van der Waals surface area contributed by atoms with Gasteiger partial charge in [0, 0.05) is 0 Å². The van der Waals surface area contributed by atoms with E-state index in [2.05, 4.69) is 20.8 Å². The van der Waals surface area contributed by atoms with Gasteiger partial charge in [0.1, 0.15) is 0 Å². The Hall–Kier alpha value is -0.931. The number of sulfone groups is 1. The zero-order valence-electron chi connectivity index (χ0n) is 19.3. The molecule has 2 aromatic carbocycles. The molecule has 0 aliphatic carbocycles. The van der Waals surface area contributed by atoms with E-state index in [0.29, 0.717) is 0 Å². The molecule has 8 heteroatoms. The molecular formula is C24H35FO4S2Sn. The van der Waals surface area contributed by atoms with Gasteiger partial charge in [-0.2, -0.15) is 0 Å². The van der Waals surface area contributed by atoms with Gasteiger partial charge < -0.3 is 0 Å². The first kappa shape index (κ1) is 27.3. The van der Waals surface area contributed by atoms with E-state index in [9.17, 15) is 20.7 Å². The maximum absolute atomic E-state index is 14.0. The molecule has 0 aliphatic rings. The van der Waals surface area contributed by atoms with Crippen LogP contribution in [-0.4, -0.2) is 35.2 Å². The van der Waals surface area contributed by atoms with E-state index in [1.165, 1.54) is 18.2 Å². The van der Waals surface area contributed by atoms with Crippen LogP contribution in [0.5, 0.6) is 0 Å². The van der Waals surface area contributed by atoms with Gasteiger partial charge in [-0.25, -0.2) is 0 Å². The molecule has 0 aromatic heterocycles. The van der Waals surface area contributed by atoms with Crippen LogP contribution in [0.3, 0.4) is 0 Å². The second-order valence-electron chi connectivity index (χ2n) is 8.48. The summed E-state index contributed by atoms with van der Waals surface area (Å²) in [7, 11) is -9.39. The summed E-state index contributed by atoms with van der Waals surface area (Å²) in [6.45, 7) is 6.46. The van der Waals surface area contributed by atoms with E-state index >= 15 is 0 Å². The van der Waals surface area contributed by atoms with Crippen LogP contribution >= 0.6 is 0 Å². The molecule has 2 aromatic rings. The van der Waals surface area contributed by atoms with E-state index < -0.39 is 48.2 Å². The third-order valence-corrected chi connectivity index (χ3v) is 25.3. The Morgan fingerprint density at radius 2 is 1.06 bits per heavy atom. The predicted octanol–water partition coefficient (Wildman–Crippen LogP) is 6.23. The molecule has 0 spiro atoms. The van der Waals surface area contributed by atoms with Crippen LogP contribution < -0.4 is 3.58 Å². The van der Waals surface area contributed by atoms with Gasteiger partial charge in [0.25, 0.3) is 0 Å². The van der Waals surface area contributed by atoms with Gasteiger partial charge >= 0.3 is 199 Å². The Labute approximate surface area is 197 Å². The molecule has 0 saturated carbocycles. The van der Waals surface area contributed by atoms with Crippen molar-refractivity contribution in [3.63, 3.8) is 0 Å². The Morgan fingerprint density at radius 3 is 1.50 bits per heavy atom. The van der Waals surface area contributed by atoms with Crippen LogP contribution in [0.25, 0.3) is 0 Å². The Morgan fingerprint density at radius 1 is 0.656 bits per heavy atom. The molecule has 2 rings (SSSR count). The van der Waals surface area contributed by atoms with Crippen molar-refractivity contribution in [1.82, 2.24) is 0 Å². The number of unbranched alkanes of at least 4 members (excludes halogenated alkanes) is 3. The summed E-state index contributed by atoms with van der Waals surface area (Å²) >= 11 is -3.17. The van der Waals surface area contributed by atoms with E-state index in [-0.39, 0.29) is 4.90 Å². The first-order valence-electron chi connectivity index (χ1n) is 11.5. The fourth-order valence-corrected chi connectivity index (χ4v) is 26.0. The van der Waals surface area contributed by atoms with E-state index in [1.54, 1.807) is 12.1 Å². The van der Waals surface area contributed by atoms with Crippen molar-refractivity contribution in [2.75, 3.05) is 0 Å². The molecule has 0 amide bonds. The molecular weight excluding hydrogens is 554 g/mol. The minimum absolute atomic E-state index is 0.176. The molecule has 178 valence electrons. The fourth-order valence-electron chi connectivity index (χ4n) is 4.46. The van der Waals surface area contributed by atoms with Crippen molar-refractivity contribution in [3.05, 3.63) is 48.5 Å².